The van der Waals surface area contributed by atoms with Gasteiger partial charge >= 0.3 is 12.3 Å². The standard InChI is InChI=1S/C23H23F3N4O5/c1-5-34-19-10-17(30-21(33)35-22(2,3)4)16(9-15(19)23(24,25)26)29-20(32)11-18(31)13-6-7-28-14(8-13)12-27/h6-10H,5,11H2,1-4H3,(H,29,32)(H,30,33). The number of Topliss-reactive ketones (excluding diaryl/α,β-unsaturated/α-hetero) is 1. The van der Waals surface area contributed by atoms with Crippen LogP contribution in [0, 0.1) is 11.3 Å². The minimum absolute atomic E-state index is 0.0291. The Balaban J connectivity index is 2.39. The Bertz CT molecular complexity index is 1170. The number of nitrogens with zero attached hydrogens (tertiary/aromatic N) is 2. The molecule has 0 aliphatic carbocycles. The Morgan fingerprint density at radius 3 is 2.31 bits per heavy atom. The fourth-order valence-corrected chi connectivity index (χ4v) is 2.80. The first-order valence-corrected chi connectivity index (χ1v) is 10.3. The monoisotopic (exact) mass is 492 g/mol. The molecule has 0 saturated heterocycles. The number of ketones is 1. The molecule has 9 nitrogen and oxygen atoms in total. The second-order valence-corrected chi connectivity index (χ2v) is 8.14. The molecule has 186 valence electrons. The van der Waals surface area contributed by atoms with E-state index in [-0.39, 0.29) is 23.6 Å². The quantitative estimate of drug-likeness (QED) is 0.414. The number of ether oxygens (including phenoxy) is 2. The van der Waals surface area contributed by atoms with Crippen molar-refractivity contribution < 1.29 is 37.0 Å². The molecule has 2 N–H and O–H groups in total. The lowest BCUT2D eigenvalue weighted by Crippen LogP contribution is -2.28. The van der Waals surface area contributed by atoms with Gasteiger partial charge in [-0.1, -0.05) is 0 Å². The summed E-state index contributed by atoms with van der Waals surface area (Å²) < 4.78 is 51.1. The lowest BCUT2D eigenvalue weighted by molar-refractivity contribution is -0.138. The van der Waals surface area contributed by atoms with Crippen molar-refractivity contribution in [1.29, 1.82) is 5.26 Å². The molecule has 0 bridgehead atoms. The molecule has 0 atom stereocenters. The maximum Gasteiger partial charge on any atom is 0.420 e. The Labute approximate surface area is 199 Å². The Hall–Kier alpha value is -4.14. The van der Waals surface area contributed by atoms with E-state index in [1.54, 1.807) is 26.8 Å². The van der Waals surface area contributed by atoms with Crippen molar-refractivity contribution in [3.05, 3.63) is 47.3 Å². The van der Waals surface area contributed by atoms with Crippen LogP contribution in [0.5, 0.6) is 5.75 Å². The smallest absolute Gasteiger partial charge is 0.420 e. The summed E-state index contributed by atoms with van der Waals surface area (Å²) in [5, 5.41) is 13.4. The predicted molar refractivity (Wildman–Crippen MR) is 119 cm³/mol. The van der Waals surface area contributed by atoms with Gasteiger partial charge in [0.05, 0.1) is 30.0 Å². The van der Waals surface area contributed by atoms with E-state index >= 15 is 0 Å². The lowest BCUT2D eigenvalue weighted by Gasteiger charge is -2.22. The number of nitrogens with one attached hydrogen (secondary N) is 2. The third kappa shape index (κ3) is 7.99. The van der Waals surface area contributed by atoms with Crippen molar-refractivity contribution in [3.8, 4) is 11.8 Å². The van der Waals surface area contributed by atoms with Crippen molar-refractivity contribution >= 4 is 29.2 Å². The van der Waals surface area contributed by atoms with E-state index in [2.05, 4.69) is 15.6 Å². The van der Waals surface area contributed by atoms with E-state index in [9.17, 15) is 27.6 Å². The first-order valence-electron chi connectivity index (χ1n) is 10.3. The van der Waals surface area contributed by atoms with Gasteiger partial charge in [0.2, 0.25) is 5.91 Å². The molecular formula is C23H23F3N4O5. The zero-order valence-corrected chi connectivity index (χ0v) is 19.4. The van der Waals surface area contributed by atoms with Gasteiger partial charge in [0, 0.05) is 17.8 Å². The number of nitriles is 1. The maximum atomic E-state index is 13.6. The van der Waals surface area contributed by atoms with Crippen molar-refractivity contribution in [1.82, 2.24) is 4.98 Å². The number of pyridine rings is 1. The zero-order chi connectivity index (χ0) is 26.4. The average molecular weight is 492 g/mol. The fourth-order valence-electron chi connectivity index (χ4n) is 2.80. The van der Waals surface area contributed by atoms with E-state index in [1.807, 2.05) is 0 Å². The summed E-state index contributed by atoms with van der Waals surface area (Å²) in [6, 6.07) is 5.75. The molecule has 35 heavy (non-hydrogen) atoms. The summed E-state index contributed by atoms with van der Waals surface area (Å²) in [7, 11) is 0. The fraction of sp³-hybridized carbons (Fsp3) is 0.348. The van der Waals surface area contributed by atoms with Crippen LogP contribution in [0.25, 0.3) is 0 Å². The molecule has 12 heteroatoms. The van der Waals surface area contributed by atoms with Crippen molar-refractivity contribution in [2.45, 2.75) is 45.9 Å². The van der Waals surface area contributed by atoms with E-state index in [4.69, 9.17) is 14.7 Å². The molecule has 0 unspecified atom stereocenters. The van der Waals surface area contributed by atoms with Gasteiger partial charge in [-0.05, 0) is 45.9 Å². The number of aromatic nitrogens is 1. The summed E-state index contributed by atoms with van der Waals surface area (Å²) in [5.74, 6) is -2.21. The van der Waals surface area contributed by atoms with Gasteiger partial charge in [0.15, 0.2) is 5.78 Å². The summed E-state index contributed by atoms with van der Waals surface area (Å²) in [6.45, 7) is 6.17. The number of benzene rings is 1. The van der Waals surface area contributed by atoms with Gasteiger partial charge in [-0.25, -0.2) is 9.78 Å². The van der Waals surface area contributed by atoms with Crippen LogP contribution in [0.15, 0.2) is 30.5 Å². The first-order chi connectivity index (χ1) is 16.2. The minimum Gasteiger partial charge on any atom is -0.493 e. The SMILES string of the molecule is CCOc1cc(NC(=O)OC(C)(C)C)c(NC(=O)CC(=O)c2ccnc(C#N)c2)cc1C(F)(F)F. The summed E-state index contributed by atoms with van der Waals surface area (Å²) >= 11 is 0. The molecule has 1 aromatic carbocycles. The molecule has 0 radical (unpaired) electrons. The maximum absolute atomic E-state index is 13.6. The van der Waals surface area contributed by atoms with Crippen molar-refractivity contribution in [2.75, 3.05) is 17.2 Å². The molecule has 2 rings (SSSR count). The highest BCUT2D eigenvalue weighted by Gasteiger charge is 2.36. The molecule has 0 aliphatic rings. The second-order valence-electron chi connectivity index (χ2n) is 8.14. The van der Waals surface area contributed by atoms with Crippen LogP contribution in [0.4, 0.5) is 29.3 Å². The Kier molecular flexibility index (Phi) is 8.41. The summed E-state index contributed by atoms with van der Waals surface area (Å²) in [4.78, 5) is 40.9. The van der Waals surface area contributed by atoms with Gasteiger partial charge in [-0.3, -0.25) is 14.9 Å². The first kappa shape index (κ1) is 27.1. The zero-order valence-electron chi connectivity index (χ0n) is 19.4. The van der Waals surface area contributed by atoms with Gasteiger partial charge in [0.25, 0.3) is 0 Å². The highest BCUT2D eigenvalue weighted by Crippen LogP contribution is 2.41. The molecule has 0 aliphatic heterocycles. The topological polar surface area (TPSA) is 130 Å². The number of carbonyl (C=O) groups is 3. The Morgan fingerprint density at radius 1 is 1.09 bits per heavy atom. The number of anilines is 2. The number of halogens is 3. The molecule has 1 heterocycles. The molecule has 0 saturated carbocycles. The number of carbonyl (C=O) groups excluding carboxylic acids is 3. The van der Waals surface area contributed by atoms with Crippen molar-refractivity contribution in [3.63, 3.8) is 0 Å². The van der Waals surface area contributed by atoms with E-state index in [0.29, 0.717) is 6.07 Å². The van der Waals surface area contributed by atoms with Crippen LogP contribution in [0.1, 0.15) is 55.7 Å². The molecule has 1 aromatic heterocycles. The highest BCUT2D eigenvalue weighted by atomic mass is 19.4. The molecule has 0 spiro atoms. The van der Waals surface area contributed by atoms with Crippen LogP contribution >= 0.6 is 0 Å². The van der Waals surface area contributed by atoms with Gasteiger partial charge in [0.1, 0.15) is 23.1 Å². The lowest BCUT2D eigenvalue weighted by atomic mass is 10.1. The molecule has 2 aromatic rings. The number of hydrogen-bond donors (Lipinski definition) is 2. The number of rotatable bonds is 7. The van der Waals surface area contributed by atoms with Gasteiger partial charge < -0.3 is 14.8 Å². The molecule has 0 fully saturated rings. The normalized spacial score (nSPS) is 11.3. The van der Waals surface area contributed by atoms with Crippen LogP contribution in [-0.2, 0) is 15.7 Å². The molecular weight excluding hydrogens is 469 g/mol. The van der Waals surface area contributed by atoms with Crippen LogP contribution < -0.4 is 15.4 Å². The largest absolute Gasteiger partial charge is 0.493 e. The third-order valence-electron chi connectivity index (χ3n) is 4.15. The average Bonchev–Trinajstić information content (AvgIpc) is 2.73. The summed E-state index contributed by atoms with van der Waals surface area (Å²) in [5.41, 5.74) is -2.75. The van der Waals surface area contributed by atoms with Gasteiger partial charge in [-0.2, -0.15) is 18.4 Å². The molecule has 2 amide bonds. The van der Waals surface area contributed by atoms with Crippen LogP contribution in [0.3, 0.4) is 0 Å². The van der Waals surface area contributed by atoms with Gasteiger partial charge in [-0.15, -0.1) is 0 Å². The number of alkyl halides is 3. The third-order valence-corrected chi connectivity index (χ3v) is 4.15. The summed E-state index contributed by atoms with van der Waals surface area (Å²) in [6.07, 6.45) is -5.34. The minimum atomic E-state index is -4.84. The number of amides is 2. The number of hydrogen-bond acceptors (Lipinski definition) is 7. The van der Waals surface area contributed by atoms with Crippen molar-refractivity contribution in [2.24, 2.45) is 0 Å². The van der Waals surface area contributed by atoms with E-state index < -0.39 is 53.0 Å². The van der Waals surface area contributed by atoms with E-state index in [0.717, 1.165) is 6.07 Å². The predicted octanol–water partition coefficient (Wildman–Crippen LogP) is 4.93. The van der Waals surface area contributed by atoms with Crippen LogP contribution in [0.2, 0.25) is 0 Å². The van der Waals surface area contributed by atoms with Crippen LogP contribution in [-0.4, -0.2) is 35.0 Å². The second kappa shape index (κ2) is 10.9. The Morgan fingerprint density at radius 2 is 1.74 bits per heavy atom. The van der Waals surface area contributed by atoms with E-state index in [1.165, 1.54) is 25.3 Å². The highest BCUT2D eigenvalue weighted by molar-refractivity contribution is 6.12.